The van der Waals surface area contributed by atoms with Crippen LogP contribution in [-0.4, -0.2) is 28.2 Å². The van der Waals surface area contributed by atoms with Crippen LogP contribution in [0, 0.1) is 6.92 Å². The molecule has 0 amide bonds. The fourth-order valence-corrected chi connectivity index (χ4v) is 3.02. The highest BCUT2D eigenvalue weighted by atomic mass is 16.5. The van der Waals surface area contributed by atoms with E-state index < -0.39 is 5.60 Å². The molecule has 0 saturated carbocycles. The van der Waals surface area contributed by atoms with Crippen LogP contribution in [0.4, 0.5) is 0 Å². The Bertz CT molecular complexity index is 975. The van der Waals surface area contributed by atoms with Crippen molar-refractivity contribution in [2.24, 2.45) is 0 Å². The number of benzene rings is 1. The summed E-state index contributed by atoms with van der Waals surface area (Å²) >= 11 is 0. The molecule has 0 unspecified atom stereocenters. The van der Waals surface area contributed by atoms with Gasteiger partial charge >= 0.3 is 5.97 Å². The first-order valence-corrected chi connectivity index (χ1v) is 8.43. The molecule has 134 valence electrons. The molecule has 2 aromatic heterocycles. The van der Waals surface area contributed by atoms with E-state index in [2.05, 4.69) is 22.1 Å². The maximum atomic E-state index is 11.7. The van der Waals surface area contributed by atoms with E-state index in [1.807, 2.05) is 13.0 Å². The summed E-state index contributed by atoms with van der Waals surface area (Å²) in [6.07, 6.45) is 3.95. The normalized spacial score (nSPS) is 11.6. The lowest BCUT2D eigenvalue weighted by molar-refractivity contribution is 0.0600. The lowest BCUT2D eigenvalue weighted by Crippen LogP contribution is -2.17. The number of fused-ring (bicyclic) bond motifs is 1. The number of hydrogen-bond acceptors (Lipinski definition) is 5. The van der Waals surface area contributed by atoms with Gasteiger partial charge in [0.1, 0.15) is 0 Å². The molecule has 0 radical (unpaired) electrons. The summed E-state index contributed by atoms with van der Waals surface area (Å²) in [6, 6.07) is 9.42. The molecule has 0 fully saturated rings. The molecule has 0 aliphatic heterocycles. The Labute approximate surface area is 152 Å². The maximum absolute atomic E-state index is 11.7. The molecule has 5 nitrogen and oxygen atoms in total. The van der Waals surface area contributed by atoms with Crippen molar-refractivity contribution in [2.75, 3.05) is 7.11 Å². The van der Waals surface area contributed by atoms with Crippen molar-refractivity contribution in [2.45, 2.75) is 32.8 Å². The van der Waals surface area contributed by atoms with Crippen LogP contribution in [0.1, 0.15) is 46.6 Å². The molecule has 3 aromatic rings. The Hall–Kier alpha value is -2.79. The van der Waals surface area contributed by atoms with Gasteiger partial charge < -0.3 is 9.84 Å². The number of pyridine rings is 2. The van der Waals surface area contributed by atoms with Gasteiger partial charge in [-0.25, -0.2) is 4.79 Å². The van der Waals surface area contributed by atoms with E-state index >= 15 is 0 Å². The molecule has 5 heteroatoms. The summed E-state index contributed by atoms with van der Waals surface area (Å²) in [5, 5.41) is 11.6. The minimum Gasteiger partial charge on any atom is -0.465 e. The summed E-state index contributed by atoms with van der Waals surface area (Å²) in [5.74, 6) is -0.385. The van der Waals surface area contributed by atoms with Crippen LogP contribution < -0.4 is 0 Å². The molecule has 0 bridgehead atoms. The van der Waals surface area contributed by atoms with Crippen molar-refractivity contribution >= 4 is 16.9 Å². The summed E-state index contributed by atoms with van der Waals surface area (Å²) in [4.78, 5) is 20.6. The van der Waals surface area contributed by atoms with E-state index in [1.165, 1.54) is 7.11 Å². The molecule has 0 saturated heterocycles. The molecule has 0 aliphatic carbocycles. The van der Waals surface area contributed by atoms with Crippen LogP contribution in [-0.2, 0) is 16.8 Å². The Morgan fingerprint density at radius 2 is 1.96 bits per heavy atom. The van der Waals surface area contributed by atoms with E-state index in [0.717, 1.165) is 33.3 Å². The van der Waals surface area contributed by atoms with E-state index in [4.69, 9.17) is 4.74 Å². The lowest BCUT2D eigenvalue weighted by Gasteiger charge is -2.21. The molecule has 0 aliphatic rings. The number of rotatable bonds is 4. The van der Waals surface area contributed by atoms with Gasteiger partial charge in [0.05, 0.1) is 23.8 Å². The van der Waals surface area contributed by atoms with Crippen LogP contribution in [0.25, 0.3) is 10.9 Å². The standard InChI is InChI=1S/C21H22N2O3/c1-13-7-16-8-14(10-18(21(2,3)25)19(16)23-12-13)9-17-11-15(5-6-22-17)20(24)26-4/h5-8,10-12,25H,9H2,1-4H3. The van der Waals surface area contributed by atoms with Crippen molar-refractivity contribution in [3.05, 3.63) is 70.7 Å². The van der Waals surface area contributed by atoms with Gasteiger partial charge in [0.15, 0.2) is 0 Å². The Balaban J connectivity index is 2.07. The number of methoxy groups -OCH3 is 1. The van der Waals surface area contributed by atoms with Crippen molar-refractivity contribution in [3.8, 4) is 0 Å². The van der Waals surface area contributed by atoms with Gasteiger partial charge in [-0.15, -0.1) is 0 Å². The maximum Gasteiger partial charge on any atom is 0.337 e. The zero-order valence-electron chi connectivity index (χ0n) is 15.4. The van der Waals surface area contributed by atoms with Crippen LogP contribution in [0.2, 0.25) is 0 Å². The summed E-state index contributed by atoms with van der Waals surface area (Å²) < 4.78 is 4.77. The zero-order chi connectivity index (χ0) is 18.9. The number of esters is 1. The van der Waals surface area contributed by atoms with Crippen LogP contribution in [0.3, 0.4) is 0 Å². The molecular weight excluding hydrogens is 328 g/mol. The van der Waals surface area contributed by atoms with E-state index in [0.29, 0.717) is 12.0 Å². The third-order valence-electron chi connectivity index (χ3n) is 4.26. The van der Waals surface area contributed by atoms with Crippen molar-refractivity contribution < 1.29 is 14.6 Å². The van der Waals surface area contributed by atoms with Gasteiger partial charge in [-0.1, -0.05) is 6.07 Å². The SMILES string of the molecule is COC(=O)c1ccnc(Cc2cc(C(C)(C)O)c3ncc(C)cc3c2)c1. The predicted molar refractivity (Wildman–Crippen MR) is 100 cm³/mol. The topological polar surface area (TPSA) is 72.3 Å². The number of aliphatic hydroxyl groups is 1. The number of ether oxygens (including phenoxy) is 1. The number of carbonyl (C=O) groups excluding carboxylic acids is 1. The molecule has 0 atom stereocenters. The van der Waals surface area contributed by atoms with Gasteiger partial charge in [-0.3, -0.25) is 9.97 Å². The average Bonchev–Trinajstić information content (AvgIpc) is 2.59. The predicted octanol–water partition coefficient (Wildman–Crippen LogP) is 3.54. The third kappa shape index (κ3) is 3.73. The average molecular weight is 350 g/mol. The summed E-state index contributed by atoms with van der Waals surface area (Å²) in [6.45, 7) is 5.50. The van der Waals surface area contributed by atoms with Gasteiger partial charge in [-0.05, 0) is 56.2 Å². The Morgan fingerprint density at radius 1 is 1.19 bits per heavy atom. The van der Waals surface area contributed by atoms with Crippen LogP contribution in [0.5, 0.6) is 0 Å². The van der Waals surface area contributed by atoms with Gasteiger partial charge in [0.25, 0.3) is 0 Å². The van der Waals surface area contributed by atoms with Gasteiger partial charge in [0.2, 0.25) is 0 Å². The molecular formula is C21H22N2O3. The highest BCUT2D eigenvalue weighted by Gasteiger charge is 2.21. The highest BCUT2D eigenvalue weighted by molar-refractivity contribution is 5.89. The number of nitrogens with zero attached hydrogens (tertiary/aromatic N) is 2. The Kier molecular flexibility index (Phi) is 4.74. The monoisotopic (exact) mass is 350 g/mol. The number of carbonyl (C=O) groups is 1. The second-order valence-corrected chi connectivity index (χ2v) is 6.99. The second-order valence-electron chi connectivity index (χ2n) is 6.99. The summed E-state index contributed by atoms with van der Waals surface area (Å²) in [7, 11) is 1.36. The Morgan fingerprint density at radius 3 is 2.65 bits per heavy atom. The largest absolute Gasteiger partial charge is 0.465 e. The van der Waals surface area contributed by atoms with Crippen molar-refractivity contribution in [1.82, 2.24) is 9.97 Å². The molecule has 0 spiro atoms. The molecule has 3 rings (SSSR count). The van der Waals surface area contributed by atoms with Gasteiger partial charge in [0, 0.05) is 35.5 Å². The number of aromatic nitrogens is 2. The fraction of sp³-hybridized carbons (Fsp3) is 0.286. The minimum atomic E-state index is -1.02. The van der Waals surface area contributed by atoms with Crippen molar-refractivity contribution in [1.29, 1.82) is 0 Å². The first kappa shape index (κ1) is 18.0. The minimum absolute atomic E-state index is 0.385. The first-order valence-electron chi connectivity index (χ1n) is 8.43. The number of hydrogen-bond donors (Lipinski definition) is 1. The lowest BCUT2D eigenvalue weighted by atomic mass is 9.91. The highest BCUT2D eigenvalue weighted by Crippen LogP contribution is 2.29. The van der Waals surface area contributed by atoms with Crippen LogP contribution >= 0.6 is 0 Å². The van der Waals surface area contributed by atoms with Crippen LogP contribution in [0.15, 0.2) is 42.7 Å². The van der Waals surface area contributed by atoms with E-state index in [9.17, 15) is 9.90 Å². The summed E-state index contributed by atoms with van der Waals surface area (Å²) in [5.41, 5.74) is 3.83. The zero-order valence-corrected chi connectivity index (χ0v) is 15.4. The second kappa shape index (κ2) is 6.84. The molecule has 2 heterocycles. The number of aryl methyl sites for hydroxylation is 1. The molecule has 1 aromatic carbocycles. The van der Waals surface area contributed by atoms with Crippen molar-refractivity contribution in [3.63, 3.8) is 0 Å². The molecule has 26 heavy (non-hydrogen) atoms. The smallest absolute Gasteiger partial charge is 0.337 e. The fourth-order valence-electron chi connectivity index (χ4n) is 3.02. The first-order chi connectivity index (χ1) is 12.3. The molecule has 1 N–H and O–H groups in total. The quantitative estimate of drug-likeness (QED) is 0.729. The van der Waals surface area contributed by atoms with Gasteiger partial charge in [-0.2, -0.15) is 0 Å². The third-order valence-corrected chi connectivity index (χ3v) is 4.26. The van der Waals surface area contributed by atoms with E-state index in [1.54, 1.807) is 38.4 Å². The van der Waals surface area contributed by atoms with E-state index in [-0.39, 0.29) is 5.97 Å².